The van der Waals surface area contributed by atoms with E-state index >= 15 is 0 Å². The third kappa shape index (κ3) is 4.17. The topological polar surface area (TPSA) is 66.5 Å². The lowest BCUT2D eigenvalue weighted by molar-refractivity contribution is -0.139. The molecule has 2 heterocycles. The molecule has 4 rings (SSSR count). The Kier molecular flexibility index (Phi) is 5.57. The third-order valence-corrected chi connectivity index (χ3v) is 6.66. The summed E-state index contributed by atoms with van der Waals surface area (Å²) in [5, 5.41) is 2.96. The van der Waals surface area contributed by atoms with Gasteiger partial charge in [0.05, 0.1) is 11.4 Å². The van der Waals surface area contributed by atoms with Gasteiger partial charge in [-0.3, -0.25) is 19.3 Å². The van der Waals surface area contributed by atoms with Crippen molar-refractivity contribution in [3.05, 3.63) is 51.2 Å². The lowest BCUT2D eigenvalue weighted by Gasteiger charge is -2.14. The van der Waals surface area contributed by atoms with E-state index in [1.165, 1.54) is 41.0 Å². The van der Waals surface area contributed by atoms with Gasteiger partial charge in [-0.25, -0.2) is 0 Å². The first-order chi connectivity index (χ1) is 13.6. The first-order valence-corrected chi connectivity index (χ1v) is 10.8. The van der Waals surface area contributed by atoms with Crippen LogP contribution in [0.15, 0.2) is 30.3 Å². The van der Waals surface area contributed by atoms with E-state index in [0.717, 1.165) is 23.3 Å². The minimum absolute atomic E-state index is 0.0746. The molecule has 2 aromatic rings. The van der Waals surface area contributed by atoms with Gasteiger partial charge in [0, 0.05) is 23.4 Å². The number of hydrogen-bond donors (Lipinski definition) is 1. The normalized spacial score (nSPS) is 17.2. The van der Waals surface area contributed by atoms with E-state index in [-0.39, 0.29) is 17.7 Å². The predicted molar refractivity (Wildman–Crippen MR) is 109 cm³/mol. The molecule has 1 N–H and O–H groups in total. The largest absolute Gasteiger partial charge is 0.321 e. The molecule has 28 heavy (non-hydrogen) atoms. The lowest BCUT2D eigenvalue weighted by atomic mass is 10.00. The number of carbonyl (C=O) groups is 3. The Morgan fingerprint density at radius 1 is 0.929 bits per heavy atom. The van der Waals surface area contributed by atoms with E-state index in [1.807, 2.05) is 24.3 Å². The fourth-order valence-electron chi connectivity index (χ4n) is 3.82. The van der Waals surface area contributed by atoms with Crippen LogP contribution in [0.2, 0.25) is 0 Å². The molecule has 0 saturated carbocycles. The highest BCUT2D eigenvalue weighted by atomic mass is 32.1. The Hall–Kier alpha value is -2.47. The molecule has 3 amide bonds. The number of imide groups is 1. The highest BCUT2D eigenvalue weighted by Crippen LogP contribution is 2.29. The molecule has 1 aliphatic carbocycles. The van der Waals surface area contributed by atoms with Crippen LogP contribution in [0.5, 0.6) is 0 Å². The van der Waals surface area contributed by atoms with Gasteiger partial charge in [-0.1, -0.05) is 25.0 Å². The maximum Gasteiger partial charge on any atom is 0.265 e. The number of amides is 3. The van der Waals surface area contributed by atoms with Crippen molar-refractivity contribution in [2.75, 3.05) is 5.32 Å². The van der Waals surface area contributed by atoms with Crippen molar-refractivity contribution in [3.63, 3.8) is 0 Å². The molecule has 1 aromatic heterocycles. The summed E-state index contributed by atoms with van der Waals surface area (Å²) in [5.41, 5.74) is 2.93. The van der Waals surface area contributed by atoms with E-state index < -0.39 is 0 Å². The number of thiophene rings is 1. The number of aryl methyl sites for hydroxylation is 2. The molecule has 1 saturated heterocycles. The van der Waals surface area contributed by atoms with Crippen molar-refractivity contribution < 1.29 is 14.4 Å². The fraction of sp³-hybridized carbons (Fsp3) is 0.409. The average molecular weight is 397 g/mol. The number of rotatable bonds is 4. The van der Waals surface area contributed by atoms with E-state index in [9.17, 15) is 14.4 Å². The Balaban J connectivity index is 1.40. The summed E-state index contributed by atoms with van der Waals surface area (Å²) in [5.74, 6) is -0.305. The first kappa shape index (κ1) is 18.9. The smallest absolute Gasteiger partial charge is 0.265 e. The fourth-order valence-corrected chi connectivity index (χ4v) is 4.97. The van der Waals surface area contributed by atoms with Crippen LogP contribution < -0.4 is 5.32 Å². The van der Waals surface area contributed by atoms with Crippen molar-refractivity contribution >= 4 is 34.7 Å². The summed E-state index contributed by atoms with van der Waals surface area (Å²) >= 11 is 1.62. The van der Waals surface area contributed by atoms with Gasteiger partial charge < -0.3 is 5.32 Å². The van der Waals surface area contributed by atoms with E-state index in [2.05, 4.69) is 11.4 Å². The van der Waals surface area contributed by atoms with Crippen LogP contribution in [0.3, 0.4) is 0 Å². The molecule has 0 bridgehead atoms. The molecule has 1 fully saturated rings. The first-order valence-electron chi connectivity index (χ1n) is 9.95. The van der Waals surface area contributed by atoms with Crippen LogP contribution >= 0.6 is 11.3 Å². The number of anilines is 1. The minimum Gasteiger partial charge on any atom is -0.321 e. The quantitative estimate of drug-likeness (QED) is 0.783. The number of benzene rings is 1. The van der Waals surface area contributed by atoms with Crippen LogP contribution in [0.4, 0.5) is 5.69 Å². The lowest BCUT2D eigenvalue weighted by Crippen LogP contribution is -2.28. The van der Waals surface area contributed by atoms with Crippen LogP contribution in [0, 0.1) is 0 Å². The second-order valence-electron chi connectivity index (χ2n) is 7.50. The molecule has 146 valence electrons. The molecule has 0 spiro atoms. The van der Waals surface area contributed by atoms with E-state index in [0.29, 0.717) is 25.1 Å². The summed E-state index contributed by atoms with van der Waals surface area (Å²) in [6.07, 6.45) is 7.72. The number of nitrogens with zero attached hydrogens (tertiary/aromatic N) is 1. The van der Waals surface area contributed by atoms with Crippen LogP contribution in [0.25, 0.3) is 0 Å². The highest BCUT2D eigenvalue weighted by molar-refractivity contribution is 7.14. The van der Waals surface area contributed by atoms with Gasteiger partial charge in [0.2, 0.25) is 11.8 Å². The van der Waals surface area contributed by atoms with E-state index in [4.69, 9.17) is 0 Å². The summed E-state index contributed by atoms with van der Waals surface area (Å²) in [6, 6.07) is 9.40. The Morgan fingerprint density at radius 3 is 2.32 bits per heavy atom. The van der Waals surface area contributed by atoms with Gasteiger partial charge >= 0.3 is 0 Å². The highest BCUT2D eigenvalue weighted by Gasteiger charge is 2.28. The van der Waals surface area contributed by atoms with Crippen LogP contribution in [-0.2, 0) is 29.0 Å². The van der Waals surface area contributed by atoms with Crippen LogP contribution in [-0.4, -0.2) is 22.6 Å². The van der Waals surface area contributed by atoms with Crippen LogP contribution in [0.1, 0.15) is 64.2 Å². The van der Waals surface area contributed by atoms with Crippen molar-refractivity contribution in [3.8, 4) is 0 Å². The van der Waals surface area contributed by atoms with Crippen molar-refractivity contribution in [2.24, 2.45) is 0 Å². The van der Waals surface area contributed by atoms with E-state index in [1.54, 1.807) is 11.3 Å². The molecule has 5 nitrogen and oxygen atoms in total. The third-order valence-electron chi connectivity index (χ3n) is 5.43. The minimum atomic E-state index is -0.115. The van der Waals surface area contributed by atoms with Crippen molar-refractivity contribution in [1.82, 2.24) is 4.90 Å². The van der Waals surface area contributed by atoms with Gasteiger partial charge in [-0.15, -0.1) is 11.3 Å². The van der Waals surface area contributed by atoms with Gasteiger partial charge in [-0.05, 0) is 55.0 Å². The molecule has 1 aliphatic heterocycles. The Morgan fingerprint density at radius 2 is 1.61 bits per heavy atom. The zero-order valence-electron chi connectivity index (χ0n) is 15.8. The van der Waals surface area contributed by atoms with Crippen molar-refractivity contribution in [1.29, 1.82) is 0 Å². The Labute approximate surface area is 168 Å². The summed E-state index contributed by atoms with van der Waals surface area (Å²) in [4.78, 5) is 39.6. The predicted octanol–water partition coefficient (Wildman–Crippen LogP) is 4.31. The average Bonchev–Trinajstić information content (AvgIpc) is 3.21. The molecular weight excluding hydrogens is 372 g/mol. The molecular formula is C22H24N2O3S. The zero-order valence-corrected chi connectivity index (χ0v) is 16.6. The standard InChI is InChI=1S/C22H24N2O3S/c25-20-11-12-21(26)24(20)14-15-7-9-17(10-8-15)23-22(27)19-13-16-5-3-1-2-4-6-18(16)28-19/h7-10,13H,1-6,11-12,14H2,(H,23,27). The number of fused-ring (bicyclic) bond motifs is 1. The molecule has 2 aliphatic rings. The molecule has 1 aromatic carbocycles. The molecule has 0 radical (unpaired) electrons. The number of likely N-dealkylation sites (tertiary alicyclic amines) is 1. The SMILES string of the molecule is O=C(Nc1ccc(CN2C(=O)CCC2=O)cc1)c1cc2c(s1)CCCCCC2. The summed E-state index contributed by atoms with van der Waals surface area (Å²) in [7, 11) is 0. The molecule has 0 atom stereocenters. The monoisotopic (exact) mass is 396 g/mol. The molecule has 6 heteroatoms. The van der Waals surface area contributed by atoms with Gasteiger partial charge in [0.1, 0.15) is 0 Å². The number of carbonyl (C=O) groups excluding carboxylic acids is 3. The van der Waals surface area contributed by atoms with Gasteiger partial charge in [0.15, 0.2) is 0 Å². The molecule has 0 unspecified atom stereocenters. The maximum atomic E-state index is 12.7. The summed E-state index contributed by atoms with van der Waals surface area (Å²) in [6.45, 7) is 0.295. The summed E-state index contributed by atoms with van der Waals surface area (Å²) < 4.78 is 0. The zero-order chi connectivity index (χ0) is 19.5. The Bertz CT molecular complexity index is 860. The second kappa shape index (κ2) is 8.27. The number of nitrogens with one attached hydrogen (secondary N) is 1. The second-order valence-corrected chi connectivity index (χ2v) is 8.63. The van der Waals surface area contributed by atoms with Gasteiger partial charge in [-0.2, -0.15) is 0 Å². The maximum absolute atomic E-state index is 12.7. The van der Waals surface area contributed by atoms with Crippen molar-refractivity contribution in [2.45, 2.75) is 57.9 Å². The van der Waals surface area contributed by atoms with Gasteiger partial charge in [0.25, 0.3) is 5.91 Å². The number of hydrogen-bond acceptors (Lipinski definition) is 4.